The highest BCUT2D eigenvalue weighted by Gasteiger charge is 2.26. The zero-order valence-electron chi connectivity index (χ0n) is 18.4. The molecule has 1 fully saturated rings. The minimum absolute atomic E-state index is 0.00405. The summed E-state index contributed by atoms with van der Waals surface area (Å²) in [5.41, 5.74) is 0.537. The number of benzene rings is 1. The highest BCUT2D eigenvalue weighted by atomic mass is 32.2. The Morgan fingerprint density at radius 2 is 1.81 bits per heavy atom. The number of hydrogen-bond acceptors (Lipinski definition) is 7. The molecular weight excluding hydrogens is 436 g/mol. The first-order valence-corrected chi connectivity index (χ1v) is 13.0. The smallest absolute Gasteiger partial charge is 0.277 e. The van der Waals surface area contributed by atoms with Crippen molar-refractivity contribution in [1.29, 1.82) is 0 Å². The van der Waals surface area contributed by atoms with Crippen LogP contribution in [-0.4, -0.2) is 64.7 Å². The van der Waals surface area contributed by atoms with Crippen molar-refractivity contribution >= 4 is 27.7 Å². The number of aromatic nitrogens is 2. The Bertz CT molecular complexity index is 990. The van der Waals surface area contributed by atoms with E-state index < -0.39 is 10.0 Å². The van der Waals surface area contributed by atoms with Crippen LogP contribution in [0.15, 0.2) is 38.8 Å². The fourth-order valence-corrected chi connectivity index (χ4v) is 5.99. The molecule has 1 aliphatic rings. The molecule has 0 saturated carbocycles. The molecule has 0 bridgehead atoms. The fraction of sp³-hybridized carbons (Fsp3) is 0.571. The van der Waals surface area contributed by atoms with Gasteiger partial charge in [0.25, 0.3) is 5.22 Å². The third-order valence-electron chi connectivity index (χ3n) is 5.16. The van der Waals surface area contributed by atoms with E-state index >= 15 is 0 Å². The molecule has 2 aromatic rings. The van der Waals surface area contributed by atoms with E-state index in [4.69, 9.17) is 4.42 Å². The second-order valence-corrected chi connectivity index (χ2v) is 11.0. The molecule has 0 atom stereocenters. The highest BCUT2D eigenvalue weighted by Crippen LogP contribution is 2.27. The summed E-state index contributed by atoms with van der Waals surface area (Å²) < 4.78 is 33.1. The molecule has 1 aromatic heterocycles. The van der Waals surface area contributed by atoms with Gasteiger partial charge in [-0.1, -0.05) is 24.2 Å². The molecule has 0 unspecified atom stereocenters. The maximum atomic E-state index is 12.9. The number of sulfonamides is 1. The van der Waals surface area contributed by atoms with E-state index in [2.05, 4.69) is 10.2 Å². The lowest BCUT2D eigenvalue weighted by molar-refractivity contribution is -0.131. The second kappa shape index (κ2) is 10.1. The number of thioether (sulfide) groups is 1. The van der Waals surface area contributed by atoms with E-state index in [-0.39, 0.29) is 39.8 Å². The van der Waals surface area contributed by atoms with Crippen molar-refractivity contribution in [3.8, 4) is 11.5 Å². The van der Waals surface area contributed by atoms with Gasteiger partial charge in [-0.3, -0.25) is 4.79 Å². The summed E-state index contributed by atoms with van der Waals surface area (Å²) in [4.78, 5) is 14.6. The van der Waals surface area contributed by atoms with Gasteiger partial charge in [0.15, 0.2) is 0 Å². The van der Waals surface area contributed by atoms with Crippen molar-refractivity contribution in [2.75, 3.05) is 18.8 Å². The number of rotatable bonds is 8. The van der Waals surface area contributed by atoms with E-state index in [1.54, 1.807) is 24.3 Å². The summed E-state index contributed by atoms with van der Waals surface area (Å²) in [6.07, 6.45) is 2.82. The first-order valence-electron chi connectivity index (χ1n) is 10.6. The fourth-order valence-electron chi connectivity index (χ4n) is 3.80. The van der Waals surface area contributed by atoms with Gasteiger partial charge in [0.05, 0.1) is 10.6 Å². The molecule has 0 aliphatic carbocycles. The van der Waals surface area contributed by atoms with Crippen molar-refractivity contribution in [2.24, 2.45) is 0 Å². The van der Waals surface area contributed by atoms with Gasteiger partial charge in [-0.15, -0.1) is 10.2 Å². The first kappa shape index (κ1) is 23.7. The lowest BCUT2D eigenvalue weighted by Crippen LogP contribution is -2.43. The van der Waals surface area contributed by atoms with E-state index in [9.17, 15) is 13.2 Å². The van der Waals surface area contributed by atoms with Gasteiger partial charge < -0.3 is 9.32 Å². The molecule has 2 heterocycles. The molecule has 31 heavy (non-hydrogen) atoms. The summed E-state index contributed by atoms with van der Waals surface area (Å²) in [6, 6.07) is 6.78. The Balaban J connectivity index is 1.71. The lowest BCUT2D eigenvalue weighted by Gasteiger charge is -2.30. The van der Waals surface area contributed by atoms with E-state index in [1.165, 1.54) is 16.1 Å². The van der Waals surface area contributed by atoms with Crippen LogP contribution in [0.2, 0.25) is 0 Å². The predicted molar refractivity (Wildman–Crippen MR) is 120 cm³/mol. The lowest BCUT2D eigenvalue weighted by atomic mass is 10.2. The predicted octanol–water partition coefficient (Wildman–Crippen LogP) is 3.65. The Hall–Kier alpha value is -1.91. The molecule has 170 valence electrons. The number of carbonyl (C=O) groups excluding carboxylic acids is 1. The number of amides is 1. The van der Waals surface area contributed by atoms with Crippen LogP contribution in [0, 0.1) is 0 Å². The average Bonchev–Trinajstić information content (AvgIpc) is 3.21. The van der Waals surface area contributed by atoms with E-state index in [0.29, 0.717) is 18.7 Å². The molecule has 0 spiro atoms. The monoisotopic (exact) mass is 466 g/mol. The minimum Gasteiger partial charge on any atom is -0.411 e. The van der Waals surface area contributed by atoms with Gasteiger partial charge in [-0.05, 0) is 58.7 Å². The summed E-state index contributed by atoms with van der Waals surface area (Å²) in [5, 5.41) is 8.33. The maximum Gasteiger partial charge on any atom is 0.277 e. The third kappa shape index (κ3) is 5.67. The zero-order valence-corrected chi connectivity index (χ0v) is 20.1. The quantitative estimate of drug-likeness (QED) is 0.548. The maximum absolute atomic E-state index is 12.9. The van der Waals surface area contributed by atoms with Crippen molar-refractivity contribution < 1.29 is 17.6 Å². The summed E-state index contributed by atoms with van der Waals surface area (Å²) >= 11 is 1.18. The van der Waals surface area contributed by atoms with E-state index in [1.807, 2.05) is 32.6 Å². The van der Waals surface area contributed by atoms with Crippen molar-refractivity contribution in [1.82, 2.24) is 19.4 Å². The second-order valence-electron chi connectivity index (χ2n) is 8.14. The summed E-state index contributed by atoms with van der Waals surface area (Å²) in [6.45, 7) is 9.03. The van der Waals surface area contributed by atoms with Crippen LogP contribution < -0.4 is 0 Å². The third-order valence-corrected chi connectivity index (χ3v) is 7.86. The Morgan fingerprint density at radius 3 is 2.45 bits per heavy atom. The van der Waals surface area contributed by atoms with Crippen molar-refractivity contribution in [2.45, 2.75) is 69.2 Å². The standard InChI is InChI=1S/C21H30N4O4S2/c1-15(2)25(16(3)4)19(26)14-30-21-23-22-20(29-21)17-9-8-10-18(13-17)31(27,28)24-11-6-5-7-12-24/h8-10,13,15-16H,5-7,11-12,14H2,1-4H3. The van der Waals surface area contributed by atoms with Gasteiger partial charge in [-0.2, -0.15) is 4.31 Å². The van der Waals surface area contributed by atoms with Crippen LogP contribution in [-0.2, 0) is 14.8 Å². The van der Waals surface area contributed by atoms with Crippen molar-refractivity contribution in [3.63, 3.8) is 0 Å². The summed E-state index contributed by atoms with van der Waals surface area (Å²) in [5.74, 6) is 0.432. The number of carbonyl (C=O) groups is 1. The van der Waals surface area contributed by atoms with Gasteiger partial charge in [-0.25, -0.2) is 8.42 Å². The Morgan fingerprint density at radius 1 is 1.13 bits per heavy atom. The molecule has 1 saturated heterocycles. The van der Waals surface area contributed by atoms with Gasteiger partial charge in [0, 0.05) is 30.7 Å². The molecule has 0 radical (unpaired) electrons. The highest BCUT2D eigenvalue weighted by molar-refractivity contribution is 7.99. The van der Waals surface area contributed by atoms with Crippen LogP contribution in [0.1, 0.15) is 47.0 Å². The van der Waals surface area contributed by atoms with Crippen molar-refractivity contribution in [3.05, 3.63) is 24.3 Å². The van der Waals surface area contributed by atoms with Crippen LogP contribution >= 0.6 is 11.8 Å². The Kier molecular flexibility index (Phi) is 7.77. The minimum atomic E-state index is -3.55. The van der Waals surface area contributed by atoms with Gasteiger partial charge >= 0.3 is 0 Å². The molecule has 8 nitrogen and oxygen atoms in total. The molecular formula is C21H30N4O4S2. The number of piperidine rings is 1. The SMILES string of the molecule is CC(C)N(C(=O)CSc1nnc(-c2cccc(S(=O)(=O)N3CCCCC3)c2)o1)C(C)C. The zero-order chi connectivity index (χ0) is 22.6. The Labute approximate surface area is 188 Å². The van der Waals surface area contributed by atoms with E-state index in [0.717, 1.165) is 19.3 Å². The largest absolute Gasteiger partial charge is 0.411 e. The summed E-state index contributed by atoms with van der Waals surface area (Å²) in [7, 11) is -3.55. The van der Waals surface area contributed by atoms with Crippen LogP contribution in [0.4, 0.5) is 0 Å². The van der Waals surface area contributed by atoms with Crippen LogP contribution in [0.5, 0.6) is 0 Å². The molecule has 3 rings (SSSR count). The number of hydrogen-bond donors (Lipinski definition) is 0. The topological polar surface area (TPSA) is 96.6 Å². The number of nitrogens with zero attached hydrogens (tertiary/aromatic N) is 4. The molecule has 1 aliphatic heterocycles. The average molecular weight is 467 g/mol. The van der Waals surface area contributed by atoms with Gasteiger partial charge in [0.1, 0.15) is 0 Å². The molecule has 1 aromatic carbocycles. The molecule has 10 heteroatoms. The first-order chi connectivity index (χ1) is 14.7. The normalized spacial score (nSPS) is 15.5. The van der Waals surface area contributed by atoms with Crippen LogP contribution in [0.25, 0.3) is 11.5 Å². The molecule has 0 N–H and O–H groups in total. The van der Waals surface area contributed by atoms with Gasteiger partial charge in [0.2, 0.25) is 21.8 Å². The molecule has 1 amide bonds. The van der Waals surface area contributed by atoms with Crippen LogP contribution in [0.3, 0.4) is 0 Å².